The second-order valence-electron chi connectivity index (χ2n) is 7.46. The number of hydrogen-bond acceptors (Lipinski definition) is 4. The Labute approximate surface area is 122 Å². The maximum absolute atomic E-state index is 4.67. The molecule has 1 aliphatic rings. The molecular weight excluding hydrogens is 250 g/mol. The van der Waals surface area contributed by atoms with Crippen molar-refractivity contribution in [3.05, 3.63) is 5.82 Å². The number of aromatic nitrogens is 3. The highest BCUT2D eigenvalue weighted by Crippen LogP contribution is 2.26. The molecule has 0 amide bonds. The van der Waals surface area contributed by atoms with Crippen LogP contribution in [0.3, 0.4) is 0 Å². The number of rotatable bonds is 4. The smallest absolute Gasteiger partial charge is 0.244 e. The van der Waals surface area contributed by atoms with E-state index in [2.05, 4.69) is 60.0 Å². The van der Waals surface area contributed by atoms with Crippen LogP contribution in [-0.2, 0) is 6.42 Å². The third-order valence-electron chi connectivity index (χ3n) is 3.67. The van der Waals surface area contributed by atoms with Gasteiger partial charge in [-0.15, -0.1) is 5.10 Å². The highest BCUT2D eigenvalue weighted by atomic mass is 15.4. The predicted molar refractivity (Wildman–Crippen MR) is 83.0 cm³/mol. The molecule has 0 spiro atoms. The second-order valence-corrected chi connectivity index (χ2v) is 7.46. The monoisotopic (exact) mass is 279 g/mol. The zero-order valence-corrected chi connectivity index (χ0v) is 13.5. The summed E-state index contributed by atoms with van der Waals surface area (Å²) < 4.78 is 0. The van der Waals surface area contributed by atoms with E-state index in [1.807, 2.05) is 0 Å². The van der Waals surface area contributed by atoms with Crippen LogP contribution in [0.25, 0.3) is 0 Å². The Hall–Kier alpha value is -1.10. The zero-order chi connectivity index (χ0) is 14.8. The standard InChI is InChI=1S/C15H29N5/c1-11(9-15(3,4)5)8-13-17-14(19-18-13)20-7-6-16-12(2)10-20/h11-12,16H,6-10H2,1-5H3,(H,17,18,19)/t11?,12-/m1/s1. The van der Waals surface area contributed by atoms with E-state index in [4.69, 9.17) is 0 Å². The molecule has 2 heterocycles. The third kappa shape index (κ3) is 4.47. The van der Waals surface area contributed by atoms with Crippen LogP contribution in [0.1, 0.15) is 46.9 Å². The van der Waals surface area contributed by atoms with Crippen molar-refractivity contribution in [2.45, 2.75) is 53.5 Å². The van der Waals surface area contributed by atoms with Gasteiger partial charge in [-0.2, -0.15) is 4.98 Å². The zero-order valence-electron chi connectivity index (χ0n) is 13.5. The molecular formula is C15H29N5. The highest BCUT2D eigenvalue weighted by Gasteiger charge is 2.21. The van der Waals surface area contributed by atoms with Crippen LogP contribution in [0.4, 0.5) is 5.95 Å². The van der Waals surface area contributed by atoms with Crippen molar-refractivity contribution >= 4 is 5.95 Å². The van der Waals surface area contributed by atoms with Gasteiger partial charge in [-0.3, -0.25) is 5.10 Å². The van der Waals surface area contributed by atoms with Crippen molar-refractivity contribution in [2.75, 3.05) is 24.5 Å². The normalized spacial score (nSPS) is 22.1. The number of H-pyrrole nitrogens is 1. The minimum absolute atomic E-state index is 0.371. The van der Waals surface area contributed by atoms with Gasteiger partial charge in [0.05, 0.1) is 0 Å². The topological polar surface area (TPSA) is 56.8 Å². The summed E-state index contributed by atoms with van der Waals surface area (Å²) in [4.78, 5) is 6.93. The summed E-state index contributed by atoms with van der Waals surface area (Å²) in [5, 5.41) is 10.9. The third-order valence-corrected chi connectivity index (χ3v) is 3.67. The number of anilines is 1. The van der Waals surface area contributed by atoms with E-state index in [0.29, 0.717) is 17.4 Å². The van der Waals surface area contributed by atoms with E-state index < -0.39 is 0 Å². The van der Waals surface area contributed by atoms with Crippen molar-refractivity contribution in [1.82, 2.24) is 20.5 Å². The van der Waals surface area contributed by atoms with Crippen LogP contribution < -0.4 is 10.2 Å². The van der Waals surface area contributed by atoms with E-state index in [-0.39, 0.29) is 0 Å². The number of hydrogen-bond donors (Lipinski definition) is 2. The van der Waals surface area contributed by atoms with Crippen LogP contribution in [0.15, 0.2) is 0 Å². The van der Waals surface area contributed by atoms with Gasteiger partial charge in [0.25, 0.3) is 0 Å². The molecule has 1 aromatic rings. The Balaban J connectivity index is 1.92. The second kappa shape index (κ2) is 6.12. The molecule has 20 heavy (non-hydrogen) atoms. The van der Waals surface area contributed by atoms with Crippen molar-refractivity contribution in [2.24, 2.45) is 11.3 Å². The van der Waals surface area contributed by atoms with Gasteiger partial charge in [-0.05, 0) is 24.7 Å². The van der Waals surface area contributed by atoms with Gasteiger partial charge >= 0.3 is 0 Å². The van der Waals surface area contributed by atoms with Gasteiger partial charge in [0.15, 0.2) is 0 Å². The summed E-state index contributed by atoms with van der Waals surface area (Å²) in [6.07, 6.45) is 2.18. The number of piperazine rings is 1. The lowest BCUT2D eigenvalue weighted by atomic mass is 9.84. The largest absolute Gasteiger partial charge is 0.337 e. The SMILES string of the molecule is CC(Cc1nc(N2CCN[C@H](C)C2)n[nH]1)CC(C)(C)C. The first kappa shape index (κ1) is 15.3. The lowest BCUT2D eigenvalue weighted by Crippen LogP contribution is -2.49. The molecule has 1 unspecified atom stereocenters. The maximum Gasteiger partial charge on any atom is 0.244 e. The lowest BCUT2D eigenvalue weighted by molar-refractivity contribution is 0.304. The van der Waals surface area contributed by atoms with E-state index in [0.717, 1.165) is 37.8 Å². The van der Waals surface area contributed by atoms with Crippen LogP contribution >= 0.6 is 0 Å². The minimum Gasteiger partial charge on any atom is -0.337 e. The van der Waals surface area contributed by atoms with Crippen molar-refractivity contribution < 1.29 is 0 Å². The fourth-order valence-corrected chi connectivity index (χ4v) is 3.08. The van der Waals surface area contributed by atoms with E-state index in [1.165, 1.54) is 6.42 Å². The van der Waals surface area contributed by atoms with Crippen molar-refractivity contribution in [1.29, 1.82) is 0 Å². The van der Waals surface area contributed by atoms with Gasteiger partial charge in [0.2, 0.25) is 5.95 Å². The molecule has 2 atom stereocenters. The van der Waals surface area contributed by atoms with Gasteiger partial charge in [-0.1, -0.05) is 27.7 Å². The quantitative estimate of drug-likeness (QED) is 0.887. The molecule has 2 rings (SSSR count). The van der Waals surface area contributed by atoms with Gasteiger partial charge in [0.1, 0.15) is 5.82 Å². The van der Waals surface area contributed by atoms with E-state index >= 15 is 0 Å². The maximum atomic E-state index is 4.67. The minimum atomic E-state index is 0.371. The molecule has 1 fully saturated rings. The molecule has 0 aliphatic carbocycles. The lowest BCUT2D eigenvalue weighted by Gasteiger charge is -2.30. The summed E-state index contributed by atoms with van der Waals surface area (Å²) in [7, 11) is 0. The Bertz CT molecular complexity index is 420. The molecule has 114 valence electrons. The van der Waals surface area contributed by atoms with Gasteiger partial charge in [0, 0.05) is 32.1 Å². The molecule has 1 aliphatic heterocycles. The summed E-state index contributed by atoms with van der Waals surface area (Å²) >= 11 is 0. The molecule has 5 heteroatoms. The molecule has 0 bridgehead atoms. The molecule has 5 nitrogen and oxygen atoms in total. The Kier molecular flexibility index (Phi) is 4.68. The first-order valence-corrected chi connectivity index (χ1v) is 7.73. The van der Waals surface area contributed by atoms with Crippen LogP contribution in [0.5, 0.6) is 0 Å². The summed E-state index contributed by atoms with van der Waals surface area (Å²) in [6.45, 7) is 14.3. The Morgan fingerprint density at radius 1 is 1.40 bits per heavy atom. The fraction of sp³-hybridized carbons (Fsp3) is 0.867. The fourth-order valence-electron chi connectivity index (χ4n) is 3.08. The average molecular weight is 279 g/mol. The summed E-state index contributed by atoms with van der Waals surface area (Å²) in [5.74, 6) is 2.50. The first-order chi connectivity index (χ1) is 9.33. The highest BCUT2D eigenvalue weighted by molar-refractivity contribution is 5.30. The van der Waals surface area contributed by atoms with Crippen molar-refractivity contribution in [3.8, 4) is 0 Å². The first-order valence-electron chi connectivity index (χ1n) is 7.73. The van der Waals surface area contributed by atoms with Crippen LogP contribution in [0.2, 0.25) is 0 Å². The molecule has 0 saturated carbocycles. The molecule has 1 saturated heterocycles. The molecule has 0 radical (unpaired) electrons. The summed E-state index contributed by atoms with van der Waals surface area (Å²) in [5.41, 5.74) is 0.371. The van der Waals surface area contributed by atoms with Gasteiger partial charge < -0.3 is 10.2 Å². The van der Waals surface area contributed by atoms with Crippen LogP contribution in [0, 0.1) is 11.3 Å². The Morgan fingerprint density at radius 2 is 2.15 bits per heavy atom. The van der Waals surface area contributed by atoms with Gasteiger partial charge in [-0.25, -0.2) is 0 Å². The molecule has 2 N–H and O–H groups in total. The molecule has 0 aromatic carbocycles. The molecule has 1 aromatic heterocycles. The Morgan fingerprint density at radius 3 is 2.80 bits per heavy atom. The number of aromatic amines is 1. The van der Waals surface area contributed by atoms with E-state index in [1.54, 1.807) is 0 Å². The number of nitrogens with zero attached hydrogens (tertiary/aromatic N) is 3. The predicted octanol–water partition coefficient (Wildman–Crippen LogP) is 2.22. The number of nitrogens with one attached hydrogen (secondary N) is 2. The van der Waals surface area contributed by atoms with E-state index in [9.17, 15) is 0 Å². The summed E-state index contributed by atoms with van der Waals surface area (Å²) in [6, 6.07) is 0.505. The average Bonchev–Trinajstić information content (AvgIpc) is 2.74. The van der Waals surface area contributed by atoms with Crippen molar-refractivity contribution in [3.63, 3.8) is 0 Å². The van der Waals surface area contributed by atoms with Crippen LogP contribution in [-0.4, -0.2) is 40.9 Å².